The zero-order valence-corrected chi connectivity index (χ0v) is 15.0. The van der Waals surface area contributed by atoms with Crippen molar-refractivity contribution in [2.75, 3.05) is 14.2 Å². The molecule has 8 nitrogen and oxygen atoms in total. The minimum Gasteiger partial charge on any atom is -0.481 e. The molecule has 0 bridgehead atoms. The minimum absolute atomic E-state index is 0.0478. The van der Waals surface area contributed by atoms with Crippen LogP contribution in [0.1, 0.15) is 11.1 Å². The van der Waals surface area contributed by atoms with E-state index in [2.05, 4.69) is 9.97 Å². The number of aromatic nitrogens is 2. The highest BCUT2D eigenvalue weighted by molar-refractivity contribution is 5.47. The van der Waals surface area contributed by atoms with Crippen LogP contribution in [0.2, 0.25) is 0 Å². The summed E-state index contributed by atoms with van der Waals surface area (Å²) in [6, 6.07) is 16.9. The summed E-state index contributed by atoms with van der Waals surface area (Å²) in [5, 5.41) is 18.1. The molecule has 0 amide bonds. The van der Waals surface area contributed by atoms with Crippen molar-refractivity contribution in [2.45, 2.75) is 0 Å². The summed E-state index contributed by atoms with van der Waals surface area (Å²) >= 11 is 0. The van der Waals surface area contributed by atoms with Crippen LogP contribution in [-0.2, 0) is 0 Å². The van der Waals surface area contributed by atoms with Crippen LogP contribution >= 0.6 is 0 Å². The smallest absolute Gasteiger partial charge is 0.328 e. The van der Waals surface area contributed by atoms with Gasteiger partial charge in [-0.1, -0.05) is 6.07 Å². The zero-order chi connectivity index (χ0) is 19.9. The molecule has 8 heteroatoms. The quantitative estimate of drug-likeness (QED) is 0.640. The third-order valence-electron chi connectivity index (χ3n) is 3.49. The summed E-state index contributed by atoms with van der Waals surface area (Å²) in [4.78, 5) is 8.21. The van der Waals surface area contributed by atoms with Crippen molar-refractivity contribution in [3.63, 3.8) is 0 Å². The molecule has 0 saturated carbocycles. The first-order chi connectivity index (χ1) is 13.6. The molecule has 0 aliphatic carbocycles. The molecule has 0 aliphatic heterocycles. The van der Waals surface area contributed by atoms with Crippen molar-refractivity contribution in [1.29, 1.82) is 10.5 Å². The van der Waals surface area contributed by atoms with Gasteiger partial charge in [0.1, 0.15) is 17.2 Å². The van der Waals surface area contributed by atoms with Gasteiger partial charge >= 0.3 is 6.01 Å². The van der Waals surface area contributed by atoms with Crippen molar-refractivity contribution in [2.24, 2.45) is 0 Å². The lowest BCUT2D eigenvalue weighted by Gasteiger charge is -2.10. The summed E-state index contributed by atoms with van der Waals surface area (Å²) < 4.78 is 21.6. The molecule has 28 heavy (non-hydrogen) atoms. The molecule has 2 aromatic carbocycles. The summed E-state index contributed by atoms with van der Waals surface area (Å²) in [7, 11) is 2.95. The second-order valence-electron chi connectivity index (χ2n) is 5.38. The average molecular weight is 374 g/mol. The molecule has 1 heterocycles. The first-order valence-electron chi connectivity index (χ1n) is 8.01. The molecule has 0 saturated heterocycles. The van der Waals surface area contributed by atoms with Crippen molar-refractivity contribution in [3.8, 4) is 47.2 Å². The standard InChI is InChI=1S/C20H14N4O4/c1-25-18-10-19(26-2)24-20(23-18)28-16-5-3-4-15(9-16)27-17-7-13(11-21)6-14(8-17)12-22/h3-10H,1-2H3. The maximum absolute atomic E-state index is 9.07. The monoisotopic (exact) mass is 374 g/mol. The highest BCUT2D eigenvalue weighted by atomic mass is 16.5. The van der Waals surface area contributed by atoms with Crippen molar-refractivity contribution >= 4 is 0 Å². The maximum Gasteiger partial charge on any atom is 0.328 e. The van der Waals surface area contributed by atoms with E-state index in [4.69, 9.17) is 29.5 Å². The van der Waals surface area contributed by atoms with E-state index in [9.17, 15) is 0 Å². The minimum atomic E-state index is 0.0478. The van der Waals surface area contributed by atoms with E-state index in [0.717, 1.165) is 0 Å². The van der Waals surface area contributed by atoms with E-state index in [1.807, 2.05) is 12.1 Å². The molecule has 1 aromatic heterocycles. The molecular weight excluding hydrogens is 360 g/mol. The topological polar surface area (TPSA) is 110 Å². The van der Waals surface area contributed by atoms with Gasteiger partial charge in [0.15, 0.2) is 0 Å². The largest absolute Gasteiger partial charge is 0.481 e. The number of methoxy groups -OCH3 is 2. The molecule has 138 valence electrons. The summed E-state index contributed by atoms with van der Waals surface area (Å²) in [5.74, 6) is 1.83. The van der Waals surface area contributed by atoms with Gasteiger partial charge < -0.3 is 18.9 Å². The normalized spacial score (nSPS) is 9.71. The first kappa shape index (κ1) is 18.5. The Kier molecular flexibility index (Phi) is 5.54. The van der Waals surface area contributed by atoms with Gasteiger partial charge in [-0.05, 0) is 30.3 Å². The predicted molar refractivity (Wildman–Crippen MR) is 97.6 cm³/mol. The lowest BCUT2D eigenvalue weighted by molar-refractivity contribution is 0.347. The fraction of sp³-hybridized carbons (Fsp3) is 0.100. The summed E-state index contributed by atoms with van der Waals surface area (Å²) in [6.45, 7) is 0. The Morgan fingerprint density at radius 3 is 1.82 bits per heavy atom. The molecule has 3 aromatic rings. The summed E-state index contributed by atoms with van der Waals surface area (Å²) in [5.41, 5.74) is 0.664. The van der Waals surface area contributed by atoms with Crippen LogP contribution in [0.25, 0.3) is 0 Å². The lowest BCUT2D eigenvalue weighted by Crippen LogP contribution is -1.98. The van der Waals surface area contributed by atoms with Gasteiger partial charge in [-0.2, -0.15) is 20.5 Å². The molecule has 0 aliphatic rings. The fourth-order valence-corrected chi connectivity index (χ4v) is 2.27. The Hall–Kier alpha value is -4.30. The van der Waals surface area contributed by atoms with Gasteiger partial charge in [-0.3, -0.25) is 0 Å². The third-order valence-corrected chi connectivity index (χ3v) is 3.49. The van der Waals surface area contributed by atoms with Crippen LogP contribution in [0.3, 0.4) is 0 Å². The van der Waals surface area contributed by atoms with Crippen LogP contribution in [0.5, 0.6) is 35.0 Å². The van der Waals surface area contributed by atoms with Gasteiger partial charge in [0, 0.05) is 6.07 Å². The Labute approximate surface area is 161 Å². The van der Waals surface area contributed by atoms with E-state index in [1.54, 1.807) is 36.4 Å². The van der Waals surface area contributed by atoms with Crippen LogP contribution < -0.4 is 18.9 Å². The number of nitriles is 2. The number of hydrogen-bond acceptors (Lipinski definition) is 8. The van der Waals surface area contributed by atoms with Gasteiger partial charge in [-0.25, -0.2) is 0 Å². The average Bonchev–Trinajstić information content (AvgIpc) is 2.73. The number of rotatable bonds is 6. The second-order valence-corrected chi connectivity index (χ2v) is 5.38. The van der Waals surface area contributed by atoms with Crippen molar-refractivity contribution in [3.05, 3.63) is 59.7 Å². The Morgan fingerprint density at radius 2 is 1.29 bits per heavy atom. The van der Waals surface area contributed by atoms with E-state index in [0.29, 0.717) is 40.1 Å². The molecule has 0 unspecified atom stereocenters. The SMILES string of the molecule is COc1cc(OC)nc(Oc2cccc(Oc3cc(C#N)cc(C#N)c3)c2)n1. The van der Waals surface area contributed by atoms with E-state index in [1.165, 1.54) is 26.4 Å². The number of ether oxygens (including phenoxy) is 4. The van der Waals surface area contributed by atoms with Gasteiger partial charge in [-0.15, -0.1) is 0 Å². The van der Waals surface area contributed by atoms with Crippen molar-refractivity contribution < 1.29 is 18.9 Å². The molecule has 0 spiro atoms. The molecule has 0 atom stereocenters. The van der Waals surface area contributed by atoms with Gasteiger partial charge in [0.05, 0.1) is 43.6 Å². The van der Waals surface area contributed by atoms with Gasteiger partial charge in [0.25, 0.3) is 0 Å². The Bertz CT molecular complexity index is 1030. The lowest BCUT2D eigenvalue weighted by atomic mass is 10.1. The highest BCUT2D eigenvalue weighted by Crippen LogP contribution is 2.29. The highest BCUT2D eigenvalue weighted by Gasteiger charge is 2.09. The number of benzene rings is 2. The molecule has 3 rings (SSSR count). The summed E-state index contributed by atoms with van der Waals surface area (Å²) in [6.07, 6.45) is 0. The van der Waals surface area contributed by atoms with E-state index in [-0.39, 0.29) is 6.01 Å². The van der Waals surface area contributed by atoms with Crippen molar-refractivity contribution in [1.82, 2.24) is 9.97 Å². The maximum atomic E-state index is 9.07. The van der Waals surface area contributed by atoms with Crippen LogP contribution in [-0.4, -0.2) is 24.2 Å². The Balaban J connectivity index is 1.84. The first-order valence-corrected chi connectivity index (χ1v) is 8.01. The molecule has 0 fully saturated rings. The molecule has 0 radical (unpaired) electrons. The number of hydrogen-bond donors (Lipinski definition) is 0. The van der Waals surface area contributed by atoms with Crippen LogP contribution in [0.15, 0.2) is 48.5 Å². The molecule has 0 N–H and O–H groups in total. The van der Waals surface area contributed by atoms with Crippen LogP contribution in [0.4, 0.5) is 0 Å². The number of nitrogens with zero attached hydrogens (tertiary/aromatic N) is 4. The third kappa shape index (κ3) is 4.45. The second kappa shape index (κ2) is 8.39. The van der Waals surface area contributed by atoms with E-state index >= 15 is 0 Å². The molecular formula is C20H14N4O4. The zero-order valence-electron chi connectivity index (χ0n) is 15.0. The Morgan fingerprint density at radius 1 is 0.714 bits per heavy atom. The van der Waals surface area contributed by atoms with Crippen LogP contribution in [0, 0.1) is 22.7 Å². The predicted octanol–water partition coefficient (Wildman–Crippen LogP) is 3.82. The fourth-order valence-electron chi connectivity index (χ4n) is 2.27. The van der Waals surface area contributed by atoms with Gasteiger partial charge in [0.2, 0.25) is 11.8 Å². The van der Waals surface area contributed by atoms with E-state index < -0.39 is 0 Å².